The minimum absolute atomic E-state index is 0.0532. The zero-order valence-electron chi connectivity index (χ0n) is 14.1. The van der Waals surface area contributed by atoms with E-state index in [0.29, 0.717) is 5.71 Å². The van der Waals surface area contributed by atoms with E-state index in [1.807, 2.05) is 13.8 Å². The molecule has 1 atom stereocenters. The van der Waals surface area contributed by atoms with Gasteiger partial charge in [-0.3, -0.25) is 19.7 Å². The van der Waals surface area contributed by atoms with Crippen LogP contribution in [0.5, 0.6) is 0 Å². The Hall–Kier alpha value is -2.77. The lowest BCUT2D eigenvalue weighted by molar-refractivity contribution is -0.384. The molecule has 1 N–H and O–H groups in total. The maximum absolute atomic E-state index is 12.1. The molecule has 8 heteroatoms. The van der Waals surface area contributed by atoms with Crippen LogP contribution in [0.25, 0.3) is 0 Å². The average Bonchev–Trinajstić information content (AvgIpc) is 2.52. The monoisotopic (exact) mass is 335 g/mol. The molecule has 0 fully saturated rings. The summed E-state index contributed by atoms with van der Waals surface area (Å²) in [6, 6.07) is 5.31. The second-order valence-electron chi connectivity index (χ2n) is 5.48. The van der Waals surface area contributed by atoms with E-state index in [1.165, 1.54) is 18.2 Å². The summed E-state index contributed by atoms with van der Waals surface area (Å²) in [4.78, 5) is 34.2. The van der Waals surface area contributed by atoms with E-state index >= 15 is 0 Å². The highest BCUT2D eigenvalue weighted by Gasteiger charge is 2.26. The molecular formula is C16H21N3O5. The minimum atomic E-state index is -0.593. The normalized spacial score (nSPS) is 12.6. The van der Waals surface area contributed by atoms with Crippen LogP contribution in [-0.2, 0) is 9.53 Å². The number of carbonyl (C=O) groups is 2. The highest BCUT2D eigenvalue weighted by molar-refractivity contribution is 6.02. The predicted molar refractivity (Wildman–Crippen MR) is 88.6 cm³/mol. The van der Waals surface area contributed by atoms with E-state index in [1.54, 1.807) is 13.8 Å². The fraction of sp³-hybridized carbons (Fsp3) is 0.438. The van der Waals surface area contributed by atoms with Crippen molar-refractivity contribution in [1.29, 1.82) is 0 Å². The second-order valence-corrected chi connectivity index (χ2v) is 5.48. The fourth-order valence-electron chi connectivity index (χ4n) is 2.19. The Morgan fingerprint density at radius 2 is 2.04 bits per heavy atom. The first-order valence-corrected chi connectivity index (χ1v) is 7.53. The third kappa shape index (κ3) is 5.15. The Morgan fingerprint density at radius 1 is 1.38 bits per heavy atom. The van der Waals surface area contributed by atoms with E-state index in [0.717, 1.165) is 6.07 Å². The van der Waals surface area contributed by atoms with Crippen LogP contribution in [0.15, 0.2) is 29.4 Å². The van der Waals surface area contributed by atoms with Gasteiger partial charge in [-0.05, 0) is 25.8 Å². The van der Waals surface area contributed by atoms with E-state index in [2.05, 4.69) is 10.5 Å². The zero-order chi connectivity index (χ0) is 18.3. The smallest absolute Gasteiger partial charge is 0.314 e. The SMILES string of the molecule is CCOC(=O)C(C(C)=NNC(=O)c1cccc([N+](=O)[O-])c1)C(C)C. The third-order valence-corrected chi connectivity index (χ3v) is 3.31. The molecular weight excluding hydrogens is 314 g/mol. The fourth-order valence-corrected chi connectivity index (χ4v) is 2.19. The van der Waals surface area contributed by atoms with Crippen molar-refractivity contribution in [3.63, 3.8) is 0 Å². The van der Waals surface area contributed by atoms with Crippen LogP contribution in [0.3, 0.4) is 0 Å². The zero-order valence-corrected chi connectivity index (χ0v) is 14.1. The van der Waals surface area contributed by atoms with Crippen molar-refractivity contribution in [2.75, 3.05) is 6.61 Å². The van der Waals surface area contributed by atoms with Crippen molar-refractivity contribution in [2.24, 2.45) is 16.9 Å². The number of esters is 1. The Morgan fingerprint density at radius 3 is 2.58 bits per heavy atom. The summed E-state index contributed by atoms with van der Waals surface area (Å²) < 4.78 is 5.01. The van der Waals surface area contributed by atoms with E-state index in [9.17, 15) is 19.7 Å². The molecule has 1 aromatic carbocycles. The molecule has 24 heavy (non-hydrogen) atoms. The van der Waals surface area contributed by atoms with Crippen molar-refractivity contribution < 1.29 is 19.2 Å². The van der Waals surface area contributed by atoms with Crippen LogP contribution in [0.4, 0.5) is 5.69 Å². The predicted octanol–water partition coefficient (Wildman–Crippen LogP) is 2.54. The summed E-state index contributed by atoms with van der Waals surface area (Å²) in [6.45, 7) is 7.29. The summed E-state index contributed by atoms with van der Waals surface area (Å²) >= 11 is 0. The molecule has 1 unspecified atom stereocenters. The molecule has 130 valence electrons. The minimum Gasteiger partial charge on any atom is -0.465 e. The molecule has 0 heterocycles. The second kappa shape index (κ2) is 8.76. The van der Waals surface area contributed by atoms with Gasteiger partial charge >= 0.3 is 5.97 Å². The first kappa shape index (κ1) is 19.3. The molecule has 0 spiro atoms. The number of nitrogens with one attached hydrogen (secondary N) is 1. The van der Waals surface area contributed by atoms with Crippen LogP contribution < -0.4 is 5.43 Å². The lowest BCUT2D eigenvalue weighted by Crippen LogP contribution is -2.31. The number of ether oxygens (including phenoxy) is 1. The highest BCUT2D eigenvalue weighted by atomic mass is 16.6. The van der Waals surface area contributed by atoms with Crippen molar-refractivity contribution in [1.82, 2.24) is 5.43 Å². The Bertz CT molecular complexity index is 655. The Labute approximate surface area is 140 Å². The summed E-state index contributed by atoms with van der Waals surface area (Å²) in [7, 11) is 0. The number of nitro groups is 1. The molecule has 0 saturated heterocycles. The van der Waals surface area contributed by atoms with Gasteiger partial charge in [-0.25, -0.2) is 5.43 Å². The number of carbonyl (C=O) groups excluding carboxylic acids is 2. The van der Waals surface area contributed by atoms with Gasteiger partial charge in [-0.2, -0.15) is 5.10 Å². The first-order chi connectivity index (χ1) is 11.3. The van der Waals surface area contributed by atoms with Gasteiger partial charge in [0, 0.05) is 23.4 Å². The van der Waals surface area contributed by atoms with Crippen LogP contribution in [0.2, 0.25) is 0 Å². The number of nitrogens with zero attached hydrogens (tertiary/aromatic N) is 2. The third-order valence-electron chi connectivity index (χ3n) is 3.31. The summed E-state index contributed by atoms with van der Waals surface area (Å²) in [6.07, 6.45) is 0. The van der Waals surface area contributed by atoms with Crippen molar-refractivity contribution in [2.45, 2.75) is 27.7 Å². The van der Waals surface area contributed by atoms with Gasteiger partial charge in [-0.15, -0.1) is 0 Å². The first-order valence-electron chi connectivity index (χ1n) is 7.53. The molecule has 0 saturated carbocycles. The van der Waals surface area contributed by atoms with Gasteiger partial charge in [0.2, 0.25) is 0 Å². The molecule has 8 nitrogen and oxygen atoms in total. The van der Waals surface area contributed by atoms with Crippen LogP contribution >= 0.6 is 0 Å². The summed E-state index contributed by atoms with van der Waals surface area (Å²) in [5.74, 6) is -1.62. The van der Waals surface area contributed by atoms with Gasteiger partial charge in [0.05, 0.1) is 17.4 Å². The largest absolute Gasteiger partial charge is 0.465 e. The number of hydrogen-bond acceptors (Lipinski definition) is 6. The van der Waals surface area contributed by atoms with Gasteiger partial charge in [0.15, 0.2) is 0 Å². The number of hydrazone groups is 1. The van der Waals surface area contributed by atoms with Crippen molar-refractivity contribution >= 4 is 23.3 Å². The maximum Gasteiger partial charge on any atom is 0.314 e. The highest BCUT2D eigenvalue weighted by Crippen LogP contribution is 2.16. The molecule has 0 bridgehead atoms. The Kier molecular flexibility index (Phi) is 7.03. The van der Waals surface area contributed by atoms with Gasteiger partial charge < -0.3 is 4.74 Å². The summed E-state index contributed by atoms with van der Waals surface area (Å²) in [5, 5.41) is 14.7. The lowest BCUT2D eigenvalue weighted by atomic mass is 9.92. The van der Waals surface area contributed by atoms with Crippen molar-refractivity contribution in [3.8, 4) is 0 Å². The molecule has 0 radical (unpaired) electrons. The Balaban J connectivity index is 2.89. The average molecular weight is 335 g/mol. The molecule has 1 rings (SSSR count). The number of amides is 1. The topological polar surface area (TPSA) is 111 Å². The van der Waals surface area contributed by atoms with E-state index < -0.39 is 22.7 Å². The lowest BCUT2D eigenvalue weighted by Gasteiger charge is -2.18. The van der Waals surface area contributed by atoms with Gasteiger partial charge in [0.1, 0.15) is 0 Å². The standard InChI is InChI=1S/C16H21N3O5/c1-5-24-16(21)14(10(2)3)11(4)17-18-15(20)12-7-6-8-13(9-12)19(22)23/h6-10,14H,5H2,1-4H3,(H,18,20). The number of hydrogen-bond donors (Lipinski definition) is 1. The molecule has 0 aromatic heterocycles. The number of rotatable bonds is 7. The van der Waals surface area contributed by atoms with Gasteiger partial charge in [0.25, 0.3) is 11.6 Å². The number of nitro benzene ring substituents is 1. The maximum atomic E-state index is 12.1. The number of benzene rings is 1. The summed E-state index contributed by atoms with van der Waals surface area (Å²) in [5.41, 5.74) is 2.64. The van der Waals surface area contributed by atoms with Crippen LogP contribution in [0.1, 0.15) is 38.1 Å². The molecule has 1 aromatic rings. The molecule has 1 amide bonds. The van der Waals surface area contributed by atoms with Crippen molar-refractivity contribution in [3.05, 3.63) is 39.9 Å². The molecule has 0 aliphatic heterocycles. The van der Waals surface area contributed by atoms with E-state index in [-0.39, 0.29) is 23.8 Å². The van der Waals surface area contributed by atoms with Gasteiger partial charge in [-0.1, -0.05) is 19.9 Å². The number of non-ortho nitro benzene ring substituents is 1. The molecule has 0 aliphatic carbocycles. The quantitative estimate of drug-likeness (QED) is 0.356. The van der Waals surface area contributed by atoms with Crippen LogP contribution in [0, 0.1) is 22.0 Å². The van der Waals surface area contributed by atoms with E-state index in [4.69, 9.17) is 4.74 Å². The molecule has 0 aliphatic rings. The van der Waals surface area contributed by atoms with Crippen LogP contribution in [-0.4, -0.2) is 29.1 Å².